The van der Waals surface area contributed by atoms with E-state index in [1.807, 2.05) is 50.5 Å². The number of aromatic nitrogens is 2. The number of urea groups is 1. The van der Waals surface area contributed by atoms with Crippen LogP contribution in [0.3, 0.4) is 0 Å². The highest BCUT2D eigenvalue weighted by Gasteiger charge is 2.39. The summed E-state index contributed by atoms with van der Waals surface area (Å²) >= 11 is 0. The first-order valence-corrected chi connectivity index (χ1v) is 8.33. The molecule has 3 rings (SSSR count). The molecule has 1 saturated heterocycles. The van der Waals surface area contributed by atoms with Crippen molar-refractivity contribution < 1.29 is 9.59 Å². The van der Waals surface area contributed by atoms with E-state index in [4.69, 9.17) is 0 Å². The molecule has 0 unspecified atom stereocenters. The molecule has 2 atom stereocenters. The summed E-state index contributed by atoms with van der Waals surface area (Å²) in [6.07, 6.45) is 4.19. The second kappa shape index (κ2) is 6.96. The van der Waals surface area contributed by atoms with Crippen molar-refractivity contribution in [2.45, 2.75) is 32.0 Å². The lowest BCUT2D eigenvalue weighted by Crippen LogP contribution is -2.46. The highest BCUT2D eigenvalue weighted by molar-refractivity contribution is 6.01. The van der Waals surface area contributed by atoms with E-state index in [-0.39, 0.29) is 18.0 Å². The van der Waals surface area contributed by atoms with Crippen molar-refractivity contribution in [2.75, 3.05) is 11.9 Å². The molecule has 0 aliphatic carbocycles. The van der Waals surface area contributed by atoms with Gasteiger partial charge in [0.05, 0.1) is 12.7 Å². The van der Waals surface area contributed by atoms with Gasteiger partial charge in [-0.05, 0) is 25.5 Å². The molecular weight excluding hydrogens is 318 g/mol. The first kappa shape index (κ1) is 17.0. The lowest BCUT2D eigenvalue weighted by Gasteiger charge is -2.22. The number of carbonyl (C=O) groups excluding carboxylic acids is 2. The van der Waals surface area contributed by atoms with Gasteiger partial charge < -0.3 is 15.1 Å². The molecule has 2 aromatic rings. The third kappa shape index (κ3) is 3.65. The SMILES string of the molecule is C[C@H]1C[C@@H](NC(=O)N(C)Cc2cnn(C)c2)C(=O)N1c1ccccc1. The van der Waals surface area contributed by atoms with Crippen molar-refractivity contribution in [2.24, 2.45) is 7.05 Å². The fourth-order valence-corrected chi connectivity index (χ4v) is 3.18. The molecule has 1 aromatic heterocycles. The fraction of sp³-hybridized carbons (Fsp3) is 0.389. The zero-order valence-electron chi connectivity index (χ0n) is 14.7. The molecule has 0 radical (unpaired) electrons. The Labute approximate surface area is 147 Å². The topological polar surface area (TPSA) is 70.5 Å². The molecule has 25 heavy (non-hydrogen) atoms. The number of amides is 3. The van der Waals surface area contributed by atoms with Crippen molar-refractivity contribution >= 4 is 17.6 Å². The van der Waals surface area contributed by atoms with Gasteiger partial charge in [0.15, 0.2) is 0 Å². The molecular formula is C18H23N5O2. The van der Waals surface area contributed by atoms with Gasteiger partial charge in [0.2, 0.25) is 5.91 Å². The Morgan fingerprint density at radius 2 is 2.08 bits per heavy atom. The van der Waals surface area contributed by atoms with Crippen LogP contribution in [0.4, 0.5) is 10.5 Å². The summed E-state index contributed by atoms with van der Waals surface area (Å²) in [5, 5.41) is 6.95. The zero-order chi connectivity index (χ0) is 18.0. The summed E-state index contributed by atoms with van der Waals surface area (Å²) in [4.78, 5) is 28.4. The Bertz CT molecular complexity index is 758. The number of nitrogens with one attached hydrogen (secondary N) is 1. The molecule has 1 aromatic carbocycles. The van der Waals surface area contributed by atoms with Crippen LogP contribution in [0.15, 0.2) is 42.7 Å². The van der Waals surface area contributed by atoms with Gasteiger partial charge in [0.1, 0.15) is 6.04 Å². The first-order valence-electron chi connectivity index (χ1n) is 8.33. The van der Waals surface area contributed by atoms with Crippen LogP contribution in [0.1, 0.15) is 18.9 Å². The smallest absolute Gasteiger partial charge is 0.318 e. The minimum absolute atomic E-state index is 0.0452. The molecule has 0 saturated carbocycles. The maximum absolute atomic E-state index is 12.7. The molecule has 3 amide bonds. The predicted octanol–water partition coefficient (Wildman–Crippen LogP) is 1.76. The van der Waals surface area contributed by atoms with Crippen LogP contribution in [0.2, 0.25) is 0 Å². The quantitative estimate of drug-likeness (QED) is 0.921. The van der Waals surface area contributed by atoms with Gasteiger partial charge in [-0.25, -0.2) is 4.79 Å². The van der Waals surface area contributed by atoms with Gasteiger partial charge in [-0.15, -0.1) is 0 Å². The third-order valence-electron chi connectivity index (χ3n) is 4.41. The van der Waals surface area contributed by atoms with E-state index in [1.165, 1.54) is 0 Å². The molecule has 1 aliphatic rings. The minimum Gasteiger partial charge on any atom is -0.326 e. The molecule has 1 N–H and O–H groups in total. The van der Waals surface area contributed by atoms with Crippen molar-refractivity contribution in [3.05, 3.63) is 48.3 Å². The monoisotopic (exact) mass is 341 g/mol. The molecule has 0 bridgehead atoms. The number of anilines is 1. The molecule has 7 nitrogen and oxygen atoms in total. The zero-order valence-corrected chi connectivity index (χ0v) is 14.7. The van der Waals surface area contributed by atoms with E-state index in [0.717, 1.165) is 11.3 Å². The lowest BCUT2D eigenvalue weighted by molar-refractivity contribution is -0.118. The van der Waals surface area contributed by atoms with Gasteiger partial charge in [0, 0.05) is 37.6 Å². The number of rotatable bonds is 4. The average molecular weight is 341 g/mol. The van der Waals surface area contributed by atoms with Crippen LogP contribution in [-0.2, 0) is 18.4 Å². The summed E-state index contributed by atoms with van der Waals surface area (Å²) in [6.45, 7) is 2.44. The van der Waals surface area contributed by atoms with Crippen LogP contribution < -0.4 is 10.2 Å². The molecule has 1 aliphatic heterocycles. The number of aryl methyl sites for hydroxylation is 1. The predicted molar refractivity (Wildman–Crippen MR) is 95.0 cm³/mol. The standard InChI is InChI=1S/C18H23N5O2/c1-13-9-16(17(24)23(13)15-7-5-4-6-8-15)20-18(25)21(2)11-14-10-19-22(3)12-14/h4-8,10,12-13,16H,9,11H2,1-3H3,(H,20,25)/t13-,16+/m0/s1. The Balaban J connectivity index is 1.62. The van der Waals surface area contributed by atoms with Gasteiger partial charge in [-0.1, -0.05) is 18.2 Å². The number of hydrogen-bond donors (Lipinski definition) is 1. The van der Waals surface area contributed by atoms with Gasteiger partial charge in [-0.3, -0.25) is 9.48 Å². The van der Waals surface area contributed by atoms with Crippen molar-refractivity contribution in [1.82, 2.24) is 20.0 Å². The molecule has 132 valence electrons. The van der Waals surface area contributed by atoms with E-state index < -0.39 is 6.04 Å². The van der Waals surface area contributed by atoms with Gasteiger partial charge in [-0.2, -0.15) is 5.10 Å². The van der Waals surface area contributed by atoms with E-state index in [9.17, 15) is 9.59 Å². The summed E-state index contributed by atoms with van der Waals surface area (Å²) < 4.78 is 1.70. The summed E-state index contributed by atoms with van der Waals surface area (Å²) in [5.41, 5.74) is 1.80. The van der Waals surface area contributed by atoms with E-state index >= 15 is 0 Å². The Morgan fingerprint density at radius 1 is 1.36 bits per heavy atom. The number of para-hydroxylation sites is 1. The van der Waals surface area contributed by atoms with Crippen molar-refractivity contribution in [3.8, 4) is 0 Å². The normalized spacial score (nSPS) is 20.0. The van der Waals surface area contributed by atoms with E-state index in [0.29, 0.717) is 13.0 Å². The minimum atomic E-state index is -0.501. The number of nitrogens with zero attached hydrogens (tertiary/aromatic N) is 4. The second-order valence-electron chi connectivity index (χ2n) is 6.51. The highest BCUT2D eigenvalue weighted by atomic mass is 16.2. The number of benzene rings is 1. The van der Waals surface area contributed by atoms with Crippen LogP contribution >= 0.6 is 0 Å². The largest absolute Gasteiger partial charge is 0.326 e. The maximum atomic E-state index is 12.7. The van der Waals surface area contributed by atoms with E-state index in [1.54, 1.807) is 27.7 Å². The summed E-state index contributed by atoms with van der Waals surface area (Å²) in [7, 11) is 3.54. The number of hydrogen-bond acceptors (Lipinski definition) is 3. The molecule has 1 fully saturated rings. The Morgan fingerprint density at radius 3 is 2.72 bits per heavy atom. The van der Waals surface area contributed by atoms with Crippen LogP contribution in [0.25, 0.3) is 0 Å². The van der Waals surface area contributed by atoms with E-state index in [2.05, 4.69) is 10.4 Å². The highest BCUT2D eigenvalue weighted by Crippen LogP contribution is 2.26. The molecule has 7 heteroatoms. The van der Waals surface area contributed by atoms with Gasteiger partial charge >= 0.3 is 6.03 Å². The van der Waals surface area contributed by atoms with Crippen LogP contribution in [0.5, 0.6) is 0 Å². The van der Waals surface area contributed by atoms with Crippen LogP contribution in [-0.4, -0.2) is 45.8 Å². The number of carbonyl (C=O) groups is 2. The summed E-state index contributed by atoms with van der Waals surface area (Å²) in [6, 6.07) is 8.83. The Kier molecular flexibility index (Phi) is 4.74. The maximum Gasteiger partial charge on any atom is 0.318 e. The van der Waals surface area contributed by atoms with Gasteiger partial charge in [0.25, 0.3) is 0 Å². The summed E-state index contributed by atoms with van der Waals surface area (Å²) in [5.74, 6) is -0.0678. The van der Waals surface area contributed by atoms with Crippen LogP contribution in [0, 0.1) is 0 Å². The average Bonchev–Trinajstić information content (AvgIpc) is 3.11. The molecule has 0 spiro atoms. The van der Waals surface area contributed by atoms with Crippen molar-refractivity contribution in [3.63, 3.8) is 0 Å². The lowest BCUT2D eigenvalue weighted by atomic mass is 10.2. The second-order valence-corrected chi connectivity index (χ2v) is 6.51. The third-order valence-corrected chi connectivity index (χ3v) is 4.41. The fourth-order valence-electron chi connectivity index (χ4n) is 3.18. The molecule has 2 heterocycles. The Hall–Kier alpha value is -2.83. The van der Waals surface area contributed by atoms with Crippen molar-refractivity contribution in [1.29, 1.82) is 0 Å². The first-order chi connectivity index (χ1) is 12.0.